The number of nitrogens with zero attached hydrogens (tertiary/aromatic N) is 1. The maximum atomic E-state index is 12.2. The lowest BCUT2D eigenvalue weighted by atomic mass is 10.2. The minimum atomic E-state index is -3.70. The predicted octanol–water partition coefficient (Wildman–Crippen LogP) is 3.88. The Bertz CT molecular complexity index is 899. The maximum Gasteiger partial charge on any atom is 0.240 e. The van der Waals surface area contributed by atoms with Crippen molar-refractivity contribution in [2.45, 2.75) is 38.1 Å². The summed E-state index contributed by atoms with van der Waals surface area (Å²) in [6.07, 6.45) is 0.0224. The fourth-order valence-corrected chi connectivity index (χ4v) is 4.15. The molecule has 2 aromatic carbocycles. The zero-order valence-corrected chi connectivity index (χ0v) is 17.8. The molecular weight excluding hydrogens is 398 g/mol. The van der Waals surface area contributed by atoms with Gasteiger partial charge in [0.15, 0.2) is 0 Å². The van der Waals surface area contributed by atoms with Gasteiger partial charge in [-0.3, -0.25) is 4.79 Å². The summed E-state index contributed by atoms with van der Waals surface area (Å²) in [5, 5.41) is 3.11. The molecule has 0 fully saturated rings. The number of benzene rings is 2. The molecule has 0 aliphatic heterocycles. The first-order valence-electron chi connectivity index (χ1n) is 9.14. The van der Waals surface area contributed by atoms with Crippen LogP contribution < -0.4 is 14.9 Å². The van der Waals surface area contributed by atoms with E-state index in [4.69, 9.17) is 11.6 Å². The number of carbonyl (C=O) groups excluding carboxylic acids is 1. The van der Waals surface area contributed by atoms with Gasteiger partial charge in [-0.05, 0) is 63.2 Å². The van der Waals surface area contributed by atoms with Crippen molar-refractivity contribution in [2.75, 3.05) is 23.3 Å². The number of amides is 1. The summed E-state index contributed by atoms with van der Waals surface area (Å²) >= 11 is 5.82. The summed E-state index contributed by atoms with van der Waals surface area (Å²) < 4.78 is 26.8. The Morgan fingerprint density at radius 3 is 2.39 bits per heavy atom. The summed E-state index contributed by atoms with van der Waals surface area (Å²) in [5.74, 6) is -0.266. The topological polar surface area (TPSA) is 78.5 Å². The molecule has 2 aromatic rings. The van der Waals surface area contributed by atoms with Crippen molar-refractivity contribution in [1.29, 1.82) is 0 Å². The SMILES string of the molecule is CCN(c1ccc(NC(=O)CCNS(=O)(=O)c2cccc(Cl)c2)cc1)C(C)C. The van der Waals surface area contributed by atoms with Gasteiger partial charge in [0.1, 0.15) is 0 Å². The molecular formula is C20H26ClN3O3S. The zero-order valence-electron chi connectivity index (χ0n) is 16.3. The predicted molar refractivity (Wildman–Crippen MR) is 114 cm³/mol. The first-order chi connectivity index (χ1) is 13.2. The second-order valence-electron chi connectivity index (χ2n) is 6.58. The van der Waals surface area contributed by atoms with E-state index in [2.05, 4.69) is 35.7 Å². The lowest BCUT2D eigenvalue weighted by molar-refractivity contribution is -0.116. The highest BCUT2D eigenvalue weighted by molar-refractivity contribution is 7.89. The molecule has 0 spiro atoms. The first kappa shape index (κ1) is 22.2. The highest BCUT2D eigenvalue weighted by atomic mass is 35.5. The molecule has 0 aliphatic rings. The van der Waals surface area contributed by atoms with Crippen LogP contribution in [0.15, 0.2) is 53.4 Å². The highest BCUT2D eigenvalue weighted by Crippen LogP contribution is 2.20. The van der Waals surface area contributed by atoms with E-state index in [1.54, 1.807) is 12.1 Å². The largest absolute Gasteiger partial charge is 0.369 e. The van der Waals surface area contributed by atoms with Crippen LogP contribution in [-0.4, -0.2) is 33.5 Å². The summed E-state index contributed by atoms with van der Waals surface area (Å²) in [6, 6.07) is 14.0. The van der Waals surface area contributed by atoms with E-state index in [9.17, 15) is 13.2 Å². The Morgan fingerprint density at radius 2 is 1.82 bits per heavy atom. The van der Waals surface area contributed by atoms with Gasteiger partial charge in [-0.25, -0.2) is 13.1 Å². The van der Waals surface area contributed by atoms with E-state index >= 15 is 0 Å². The number of nitrogens with one attached hydrogen (secondary N) is 2. The average Bonchev–Trinajstić information content (AvgIpc) is 2.63. The van der Waals surface area contributed by atoms with Gasteiger partial charge in [-0.15, -0.1) is 0 Å². The van der Waals surface area contributed by atoms with Crippen LogP contribution in [0, 0.1) is 0 Å². The van der Waals surface area contributed by atoms with Crippen molar-refractivity contribution in [1.82, 2.24) is 4.72 Å². The standard InChI is InChI=1S/C20H26ClN3O3S/c1-4-24(15(2)3)18-10-8-17(9-11-18)23-20(25)12-13-22-28(26,27)19-7-5-6-16(21)14-19/h5-11,14-15,22H,4,12-13H2,1-3H3,(H,23,25). The zero-order chi connectivity index (χ0) is 20.7. The number of anilines is 2. The molecule has 0 aliphatic carbocycles. The van der Waals surface area contributed by atoms with Crippen LogP contribution in [0.25, 0.3) is 0 Å². The Labute approximate surface area is 171 Å². The lowest BCUT2D eigenvalue weighted by Crippen LogP contribution is -2.30. The van der Waals surface area contributed by atoms with E-state index in [1.165, 1.54) is 12.1 Å². The fraction of sp³-hybridized carbons (Fsp3) is 0.350. The quantitative estimate of drug-likeness (QED) is 0.641. The Balaban J connectivity index is 1.87. The monoisotopic (exact) mass is 423 g/mol. The molecule has 0 aromatic heterocycles. The second-order valence-corrected chi connectivity index (χ2v) is 8.78. The third-order valence-electron chi connectivity index (χ3n) is 4.20. The van der Waals surface area contributed by atoms with E-state index < -0.39 is 10.0 Å². The summed E-state index contributed by atoms with van der Waals surface area (Å²) in [4.78, 5) is 14.4. The molecule has 0 radical (unpaired) electrons. The number of carbonyl (C=O) groups is 1. The molecule has 152 valence electrons. The average molecular weight is 424 g/mol. The summed E-state index contributed by atoms with van der Waals surface area (Å²) in [7, 11) is -3.70. The van der Waals surface area contributed by atoms with Crippen LogP contribution in [0.3, 0.4) is 0 Å². The summed E-state index contributed by atoms with van der Waals surface area (Å²) in [5.41, 5.74) is 1.76. The molecule has 8 heteroatoms. The van der Waals surface area contributed by atoms with Crippen molar-refractivity contribution < 1.29 is 13.2 Å². The van der Waals surface area contributed by atoms with Gasteiger partial charge in [-0.1, -0.05) is 17.7 Å². The van der Waals surface area contributed by atoms with Gasteiger partial charge in [0.2, 0.25) is 15.9 Å². The molecule has 0 saturated carbocycles. The second kappa shape index (κ2) is 9.91. The third-order valence-corrected chi connectivity index (χ3v) is 5.89. The lowest BCUT2D eigenvalue weighted by Gasteiger charge is -2.27. The molecule has 28 heavy (non-hydrogen) atoms. The molecule has 0 bridgehead atoms. The highest BCUT2D eigenvalue weighted by Gasteiger charge is 2.14. The number of hydrogen-bond donors (Lipinski definition) is 2. The molecule has 2 rings (SSSR count). The van der Waals surface area contributed by atoms with Crippen molar-refractivity contribution in [3.05, 3.63) is 53.6 Å². The smallest absolute Gasteiger partial charge is 0.240 e. The van der Waals surface area contributed by atoms with Gasteiger partial charge in [0.05, 0.1) is 4.90 Å². The van der Waals surface area contributed by atoms with Gasteiger partial charge in [0, 0.05) is 41.9 Å². The molecule has 0 heterocycles. The van der Waals surface area contributed by atoms with Crippen LogP contribution in [0.1, 0.15) is 27.2 Å². The number of halogens is 1. The normalized spacial score (nSPS) is 11.5. The van der Waals surface area contributed by atoms with Crippen LogP contribution in [-0.2, 0) is 14.8 Å². The van der Waals surface area contributed by atoms with E-state index in [0.717, 1.165) is 12.2 Å². The van der Waals surface area contributed by atoms with E-state index in [1.807, 2.05) is 24.3 Å². The molecule has 2 N–H and O–H groups in total. The van der Waals surface area contributed by atoms with Gasteiger partial charge < -0.3 is 10.2 Å². The molecule has 6 nitrogen and oxygen atoms in total. The minimum Gasteiger partial charge on any atom is -0.369 e. The van der Waals surface area contributed by atoms with Crippen LogP contribution in [0.2, 0.25) is 5.02 Å². The summed E-state index contributed by atoms with van der Waals surface area (Å²) in [6.45, 7) is 7.25. The van der Waals surface area contributed by atoms with Crippen LogP contribution >= 0.6 is 11.6 Å². The fourth-order valence-electron chi connectivity index (χ4n) is 2.82. The molecule has 0 unspecified atom stereocenters. The van der Waals surface area contributed by atoms with Gasteiger partial charge in [0.25, 0.3) is 0 Å². The van der Waals surface area contributed by atoms with E-state index in [-0.39, 0.29) is 23.8 Å². The number of hydrogen-bond acceptors (Lipinski definition) is 4. The minimum absolute atomic E-state index is 0.00424. The van der Waals surface area contributed by atoms with Crippen molar-refractivity contribution in [3.63, 3.8) is 0 Å². The Morgan fingerprint density at radius 1 is 1.14 bits per heavy atom. The maximum absolute atomic E-state index is 12.2. The Hall–Kier alpha value is -2.09. The van der Waals surface area contributed by atoms with Crippen LogP contribution in [0.5, 0.6) is 0 Å². The first-order valence-corrected chi connectivity index (χ1v) is 11.0. The number of rotatable bonds is 9. The molecule has 0 saturated heterocycles. The van der Waals surface area contributed by atoms with Crippen molar-refractivity contribution in [3.8, 4) is 0 Å². The Kier molecular flexibility index (Phi) is 7.86. The third kappa shape index (κ3) is 6.22. The van der Waals surface area contributed by atoms with Gasteiger partial charge in [-0.2, -0.15) is 0 Å². The van der Waals surface area contributed by atoms with E-state index in [0.29, 0.717) is 16.8 Å². The van der Waals surface area contributed by atoms with Gasteiger partial charge >= 0.3 is 0 Å². The molecule has 1 amide bonds. The van der Waals surface area contributed by atoms with Crippen molar-refractivity contribution in [2.24, 2.45) is 0 Å². The van der Waals surface area contributed by atoms with Crippen LogP contribution in [0.4, 0.5) is 11.4 Å². The number of sulfonamides is 1. The molecule has 0 atom stereocenters. The van der Waals surface area contributed by atoms with Crippen molar-refractivity contribution >= 4 is 38.9 Å².